The first-order valence-corrected chi connectivity index (χ1v) is 6.14. The molecule has 0 aromatic carbocycles. The first-order valence-electron chi connectivity index (χ1n) is 6.14. The molecule has 1 fully saturated rings. The van der Waals surface area contributed by atoms with E-state index in [1.165, 1.54) is 10.8 Å². The van der Waals surface area contributed by atoms with Gasteiger partial charge in [-0.1, -0.05) is 0 Å². The van der Waals surface area contributed by atoms with Gasteiger partial charge >= 0.3 is 5.69 Å². The molecule has 0 radical (unpaired) electrons. The Morgan fingerprint density at radius 1 is 1.65 bits per heavy atom. The molecule has 8 nitrogen and oxygen atoms in total. The van der Waals surface area contributed by atoms with Gasteiger partial charge in [0.05, 0.1) is 24.7 Å². The maximum atomic E-state index is 11.7. The highest BCUT2D eigenvalue weighted by Gasteiger charge is 2.39. The number of nitrogens with one attached hydrogen (secondary N) is 1. The summed E-state index contributed by atoms with van der Waals surface area (Å²) < 4.78 is 6.61. The van der Waals surface area contributed by atoms with Crippen molar-refractivity contribution in [2.45, 2.75) is 44.3 Å². The van der Waals surface area contributed by atoms with E-state index >= 15 is 0 Å². The van der Waals surface area contributed by atoms with E-state index in [1.54, 1.807) is 13.0 Å². The van der Waals surface area contributed by atoms with Crippen LogP contribution in [0.3, 0.4) is 0 Å². The molecule has 4 atom stereocenters. The van der Waals surface area contributed by atoms with Gasteiger partial charge in [0.2, 0.25) is 0 Å². The van der Waals surface area contributed by atoms with E-state index in [9.17, 15) is 19.8 Å². The number of ether oxygens (including phenoxy) is 1. The van der Waals surface area contributed by atoms with E-state index in [0.717, 1.165) is 0 Å². The van der Waals surface area contributed by atoms with Gasteiger partial charge < -0.3 is 14.9 Å². The van der Waals surface area contributed by atoms with Crippen molar-refractivity contribution in [2.75, 3.05) is 0 Å². The first-order chi connectivity index (χ1) is 9.43. The predicted molar refractivity (Wildman–Crippen MR) is 66.8 cm³/mol. The molecule has 0 aliphatic carbocycles. The summed E-state index contributed by atoms with van der Waals surface area (Å²) in [6.07, 6.45) is -2.56. The summed E-state index contributed by atoms with van der Waals surface area (Å²) in [6, 6.07) is 1.79. The Labute approximate surface area is 113 Å². The van der Waals surface area contributed by atoms with E-state index in [2.05, 4.69) is 4.98 Å². The third-order valence-corrected chi connectivity index (χ3v) is 3.27. The predicted octanol–water partition coefficient (Wildman–Crippen LogP) is -1.23. The molecular weight excluding hydrogens is 266 g/mol. The molecule has 0 spiro atoms. The quantitative estimate of drug-likeness (QED) is 0.636. The highest BCUT2D eigenvalue weighted by molar-refractivity contribution is 5.02. The molecule has 1 aromatic heterocycles. The van der Waals surface area contributed by atoms with Crippen LogP contribution in [0.25, 0.3) is 0 Å². The molecule has 2 heterocycles. The lowest BCUT2D eigenvalue weighted by atomic mass is 10.1. The molecule has 0 amide bonds. The minimum atomic E-state index is -1.13. The van der Waals surface area contributed by atoms with Crippen molar-refractivity contribution in [3.63, 3.8) is 0 Å². The van der Waals surface area contributed by atoms with Gasteiger partial charge in [-0.25, -0.2) is 4.79 Å². The average Bonchev–Trinajstić information content (AvgIpc) is 2.76. The first kappa shape index (κ1) is 14.5. The Morgan fingerprint density at radius 3 is 3.00 bits per heavy atom. The van der Waals surface area contributed by atoms with E-state index in [0.29, 0.717) is 5.56 Å². The molecule has 0 unspecified atom stereocenters. The van der Waals surface area contributed by atoms with Crippen molar-refractivity contribution in [3.05, 3.63) is 32.6 Å². The lowest BCUT2D eigenvalue weighted by Gasteiger charge is -2.19. The Morgan fingerprint density at radius 2 is 2.35 bits per heavy atom. The molecule has 0 bridgehead atoms. The Balaban J connectivity index is 2.25. The maximum Gasteiger partial charge on any atom is 0.330 e. The number of aryl methyl sites for hydroxylation is 1. The van der Waals surface area contributed by atoms with E-state index < -0.39 is 35.8 Å². The average molecular weight is 281 g/mol. The minimum absolute atomic E-state index is 0.0958. The molecule has 2 rings (SSSR count). The summed E-state index contributed by atoms with van der Waals surface area (Å²) in [5.74, 6) is 0. The summed E-state index contributed by atoms with van der Waals surface area (Å²) in [7, 11) is 0. The number of aromatic nitrogens is 2. The topological polar surface area (TPSA) is 128 Å². The van der Waals surface area contributed by atoms with Crippen LogP contribution in [0.5, 0.6) is 0 Å². The zero-order valence-corrected chi connectivity index (χ0v) is 10.8. The SMILES string of the molecule is Cc1cn([C@H]2C[C@H](O)[C@@H]([C@@H](O)CC#N)O2)c(=O)[nH]c1=O. The lowest BCUT2D eigenvalue weighted by Crippen LogP contribution is -2.35. The van der Waals surface area contributed by atoms with Crippen LogP contribution in [0.2, 0.25) is 0 Å². The molecular formula is C12H15N3O5. The number of nitrogens with zero attached hydrogens (tertiary/aromatic N) is 2. The fourth-order valence-corrected chi connectivity index (χ4v) is 2.20. The van der Waals surface area contributed by atoms with Crippen molar-refractivity contribution in [1.82, 2.24) is 9.55 Å². The standard InChI is InChI=1S/C12H15N3O5/c1-6-5-15(12(19)14-11(6)18)9-4-8(17)10(20-9)7(16)2-3-13/h5,7-10,16-17H,2,4H2,1H3,(H,14,18,19)/t7-,8-,9+,10+/m0/s1. The minimum Gasteiger partial charge on any atom is -0.390 e. The van der Waals surface area contributed by atoms with Crippen LogP contribution >= 0.6 is 0 Å². The number of rotatable bonds is 3. The number of aromatic amines is 1. The van der Waals surface area contributed by atoms with Crippen molar-refractivity contribution in [1.29, 1.82) is 5.26 Å². The normalized spacial score (nSPS) is 27.2. The summed E-state index contributed by atoms with van der Waals surface area (Å²) in [4.78, 5) is 25.2. The van der Waals surface area contributed by atoms with Gasteiger partial charge in [-0.2, -0.15) is 5.26 Å². The van der Waals surface area contributed by atoms with Crippen LogP contribution in [-0.2, 0) is 4.74 Å². The van der Waals surface area contributed by atoms with Gasteiger partial charge in [0.25, 0.3) is 5.56 Å². The highest BCUT2D eigenvalue weighted by atomic mass is 16.5. The molecule has 1 aliphatic rings. The van der Waals surface area contributed by atoms with Gasteiger partial charge in [-0.15, -0.1) is 0 Å². The number of hydrogen-bond acceptors (Lipinski definition) is 6. The van der Waals surface area contributed by atoms with Crippen LogP contribution in [0.15, 0.2) is 15.8 Å². The fourth-order valence-electron chi connectivity index (χ4n) is 2.20. The number of aliphatic hydroxyl groups excluding tert-OH is 2. The molecule has 1 aliphatic heterocycles. The van der Waals surface area contributed by atoms with E-state index in [-0.39, 0.29) is 12.8 Å². The van der Waals surface area contributed by atoms with Crippen LogP contribution < -0.4 is 11.2 Å². The lowest BCUT2D eigenvalue weighted by molar-refractivity contribution is -0.0814. The Kier molecular flexibility index (Phi) is 4.04. The third-order valence-electron chi connectivity index (χ3n) is 3.27. The zero-order chi connectivity index (χ0) is 14.9. The second-order valence-corrected chi connectivity index (χ2v) is 4.77. The van der Waals surface area contributed by atoms with Crippen molar-refractivity contribution >= 4 is 0 Å². The van der Waals surface area contributed by atoms with Crippen molar-refractivity contribution in [3.8, 4) is 6.07 Å². The Hall–Kier alpha value is -1.95. The molecule has 20 heavy (non-hydrogen) atoms. The summed E-state index contributed by atoms with van der Waals surface area (Å²) in [5, 5.41) is 28.1. The second kappa shape index (κ2) is 5.58. The van der Waals surface area contributed by atoms with E-state index in [1.807, 2.05) is 0 Å². The van der Waals surface area contributed by atoms with Crippen molar-refractivity contribution < 1.29 is 14.9 Å². The number of aliphatic hydroxyl groups is 2. The van der Waals surface area contributed by atoms with Crippen molar-refractivity contribution in [2.24, 2.45) is 0 Å². The fraction of sp³-hybridized carbons (Fsp3) is 0.583. The van der Waals surface area contributed by atoms with Gasteiger partial charge in [-0.3, -0.25) is 14.3 Å². The monoisotopic (exact) mass is 281 g/mol. The van der Waals surface area contributed by atoms with Crippen LogP contribution in [0, 0.1) is 18.3 Å². The highest BCUT2D eigenvalue weighted by Crippen LogP contribution is 2.30. The molecule has 108 valence electrons. The van der Waals surface area contributed by atoms with Gasteiger partial charge in [0.1, 0.15) is 12.3 Å². The Bertz CT molecular complexity index is 644. The second-order valence-electron chi connectivity index (χ2n) is 4.77. The van der Waals surface area contributed by atoms with Gasteiger partial charge in [-0.05, 0) is 6.92 Å². The van der Waals surface area contributed by atoms with Gasteiger partial charge in [0.15, 0.2) is 0 Å². The number of nitriles is 1. The smallest absolute Gasteiger partial charge is 0.330 e. The van der Waals surface area contributed by atoms with Crippen LogP contribution in [0.1, 0.15) is 24.6 Å². The summed E-state index contributed by atoms with van der Waals surface area (Å²) >= 11 is 0. The largest absolute Gasteiger partial charge is 0.390 e. The maximum absolute atomic E-state index is 11.7. The molecule has 8 heteroatoms. The van der Waals surface area contributed by atoms with E-state index in [4.69, 9.17) is 10.00 Å². The van der Waals surface area contributed by atoms with Crippen LogP contribution in [0.4, 0.5) is 0 Å². The third kappa shape index (κ3) is 2.65. The number of H-pyrrole nitrogens is 1. The zero-order valence-electron chi connectivity index (χ0n) is 10.8. The molecule has 3 N–H and O–H groups in total. The molecule has 0 saturated carbocycles. The molecule has 1 saturated heterocycles. The van der Waals surface area contributed by atoms with Gasteiger partial charge in [0, 0.05) is 18.2 Å². The molecule has 1 aromatic rings. The number of hydrogen-bond donors (Lipinski definition) is 3. The summed E-state index contributed by atoms with van der Waals surface area (Å²) in [5.41, 5.74) is -0.789. The van der Waals surface area contributed by atoms with Crippen LogP contribution in [-0.4, -0.2) is 38.1 Å². The summed E-state index contributed by atoms with van der Waals surface area (Å²) in [6.45, 7) is 1.54.